The fraction of sp³-hybridized carbons (Fsp3) is 0. The third kappa shape index (κ3) is 6.33. The average molecular weight is 631 g/mol. The van der Waals surface area contributed by atoms with E-state index in [0.717, 1.165) is 34.3 Å². The molecule has 2 heteroatoms. The van der Waals surface area contributed by atoms with Crippen LogP contribution in [0, 0.1) is 0 Å². The van der Waals surface area contributed by atoms with Crippen molar-refractivity contribution in [2.75, 3.05) is 4.90 Å². The van der Waals surface area contributed by atoms with Gasteiger partial charge in [-0.3, -0.25) is 0 Å². The van der Waals surface area contributed by atoms with Crippen LogP contribution in [0.3, 0.4) is 0 Å². The molecule has 0 aliphatic rings. The van der Waals surface area contributed by atoms with Gasteiger partial charge in [0, 0.05) is 33.7 Å². The normalized spacial score (nSPS) is 17.1. The second kappa shape index (κ2) is 13.9. The molecule has 0 N–H and O–H groups in total. The highest BCUT2D eigenvalue weighted by Gasteiger charge is 2.12. The lowest BCUT2D eigenvalue weighted by molar-refractivity contribution is 0.672. The molecule has 7 aromatic rings. The summed E-state index contributed by atoms with van der Waals surface area (Å²) in [5, 5.41) is 3.58. The summed E-state index contributed by atoms with van der Waals surface area (Å²) in [5.74, 6) is 0. The van der Waals surface area contributed by atoms with E-state index in [1.165, 1.54) is 11.0 Å². The maximum atomic E-state index is 9.32. The number of allylic oxidation sites excluding steroid dienone is 7. The number of hydrogen-bond donors (Lipinski definition) is 0. The van der Waals surface area contributed by atoms with E-state index in [1.807, 2.05) is 42.5 Å². The van der Waals surface area contributed by atoms with E-state index in [2.05, 4.69) is 6.58 Å². The molecular weight excluding hydrogens is 583 g/mol. The van der Waals surface area contributed by atoms with E-state index in [9.17, 15) is 4.11 Å². The summed E-state index contributed by atoms with van der Waals surface area (Å²) in [6, 6.07) is 17.9. The number of benzene rings is 6. The van der Waals surface area contributed by atoms with Crippen LogP contribution >= 0.6 is 0 Å². The van der Waals surface area contributed by atoms with Crippen LogP contribution in [0.1, 0.15) is 28.9 Å². The Morgan fingerprint density at radius 1 is 0.792 bits per heavy atom. The van der Waals surface area contributed by atoms with Gasteiger partial charge in [0.2, 0.25) is 0 Å². The van der Waals surface area contributed by atoms with Gasteiger partial charge in [0.25, 0.3) is 0 Å². The first kappa shape index (κ1) is 18.7. The topological polar surface area (TPSA) is 16.4 Å². The summed E-state index contributed by atoms with van der Waals surface area (Å²) in [7, 11) is 0. The number of hydrogen-bond acceptors (Lipinski definition) is 2. The smallest absolute Gasteiger partial charge is 0.143 e. The van der Waals surface area contributed by atoms with Crippen LogP contribution in [0.25, 0.3) is 55.5 Å². The molecule has 0 fully saturated rings. The lowest BCUT2D eigenvalue weighted by Gasteiger charge is -2.23. The molecule has 230 valence electrons. The monoisotopic (exact) mass is 630 g/mol. The van der Waals surface area contributed by atoms with E-state index >= 15 is 0 Å². The zero-order valence-electron chi connectivity index (χ0n) is 38.6. The van der Waals surface area contributed by atoms with Crippen molar-refractivity contribution >= 4 is 50.0 Å². The van der Waals surface area contributed by atoms with E-state index < -0.39 is 83.3 Å². The SMILES string of the molecule is [2H]C=C([2H])/C(=C([2H])\C([2H])=C\N(C(/C=C\C=C)=C\c1ccc2oc3c4ccccc4ccc3c2c1)c1c([2H])c([2H])c(-c2c([2H])c([2H])c([2H])c([2H])c2[2H])c([2H])c1[2H])c1ccccc1. The second-order valence-corrected chi connectivity index (χ2v) is 10.6. The van der Waals surface area contributed by atoms with Crippen LogP contribution in [-0.4, -0.2) is 0 Å². The number of furan rings is 1. The first-order chi connectivity index (χ1) is 29.2. The van der Waals surface area contributed by atoms with Crippen molar-refractivity contribution < 1.29 is 22.2 Å². The highest BCUT2D eigenvalue weighted by molar-refractivity contribution is 6.15. The van der Waals surface area contributed by atoms with Crippen molar-refractivity contribution in [3.05, 3.63) is 212 Å². The molecule has 6 aromatic carbocycles. The molecular formula is C46H35NO. The zero-order valence-corrected chi connectivity index (χ0v) is 25.6. The van der Waals surface area contributed by atoms with E-state index in [0.29, 0.717) is 22.3 Å². The molecule has 0 atom stereocenters. The van der Waals surface area contributed by atoms with Gasteiger partial charge in [-0.2, -0.15) is 0 Å². The Hall–Kier alpha value is -6.38. The summed E-state index contributed by atoms with van der Waals surface area (Å²) in [5.41, 5.74) is 0.997. The maximum absolute atomic E-state index is 9.32. The highest BCUT2D eigenvalue weighted by atomic mass is 16.3. The van der Waals surface area contributed by atoms with Gasteiger partial charge in [-0.15, -0.1) is 0 Å². The third-order valence-corrected chi connectivity index (χ3v) is 7.58. The molecule has 0 spiro atoms. The van der Waals surface area contributed by atoms with Crippen LogP contribution in [0.15, 0.2) is 205 Å². The molecule has 1 aromatic heterocycles. The summed E-state index contributed by atoms with van der Waals surface area (Å²) in [6.07, 6.45) is 7.38. The zero-order chi connectivity index (χ0) is 43.9. The molecule has 0 saturated carbocycles. The Bertz CT molecular complexity index is 3030. The molecule has 0 radical (unpaired) electrons. The number of fused-ring (bicyclic) bond motifs is 5. The van der Waals surface area contributed by atoms with Gasteiger partial charge in [-0.1, -0.05) is 146 Å². The van der Waals surface area contributed by atoms with Crippen LogP contribution in [0.4, 0.5) is 5.69 Å². The average Bonchev–Trinajstić information content (AvgIpc) is 3.65. The van der Waals surface area contributed by atoms with Crippen LogP contribution in [0.5, 0.6) is 0 Å². The quantitative estimate of drug-likeness (QED) is 0.140. The maximum Gasteiger partial charge on any atom is 0.143 e. The van der Waals surface area contributed by atoms with Crippen LogP contribution in [-0.2, 0) is 0 Å². The molecule has 0 unspecified atom stereocenters. The van der Waals surface area contributed by atoms with Crippen molar-refractivity contribution in [3.8, 4) is 11.1 Å². The Balaban J connectivity index is 1.52. The van der Waals surface area contributed by atoms with E-state index in [-0.39, 0.29) is 17.3 Å². The minimum atomic E-state index is -0.720. The lowest BCUT2D eigenvalue weighted by Crippen LogP contribution is -2.14. The van der Waals surface area contributed by atoms with E-state index in [1.54, 1.807) is 60.7 Å². The van der Waals surface area contributed by atoms with Crippen molar-refractivity contribution in [1.29, 1.82) is 0 Å². The second-order valence-electron chi connectivity index (χ2n) is 10.6. The van der Waals surface area contributed by atoms with Gasteiger partial charge >= 0.3 is 0 Å². The predicted octanol–water partition coefficient (Wildman–Crippen LogP) is 12.8. The molecule has 7 rings (SSSR count). The minimum Gasteiger partial charge on any atom is -0.455 e. The number of anilines is 1. The van der Waals surface area contributed by atoms with Gasteiger partial charge in [0.15, 0.2) is 0 Å². The Morgan fingerprint density at radius 2 is 1.58 bits per heavy atom. The Kier molecular flexibility index (Phi) is 5.43. The van der Waals surface area contributed by atoms with Crippen molar-refractivity contribution in [2.45, 2.75) is 0 Å². The van der Waals surface area contributed by atoms with Gasteiger partial charge < -0.3 is 9.32 Å². The van der Waals surface area contributed by atoms with Gasteiger partial charge in [-0.05, 0) is 81.7 Å². The number of nitrogens with zero attached hydrogens (tertiary/aromatic N) is 1. The largest absolute Gasteiger partial charge is 0.455 e. The van der Waals surface area contributed by atoms with Crippen molar-refractivity contribution in [2.24, 2.45) is 0 Å². The van der Waals surface area contributed by atoms with Crippen molar-refractivity contribution in [3.63, 3.8) is 0 Å². The summed E-state index contributed by atoms with van der Waals surface area (Å²) < 4.78 is 120. The standard InChI is InChI=1S/C46H35NO/c1-3-5-21-41(32-34-23-30-45-44(33-34)43-29-26-39-19-12-13-22-42(39)46(43)48-45)47(31-14-20-35(4-2)36-15-8-6-9-16-36)40-27-24-38(25-28-40)37-17-10-7-11-18-37/h3-33H,1-2H2/b21-5-,31-14+,35-20+,41-32-/i2D,4D,7D,10D,11D,14D,17D,18D,20D,24D,25D,27D,28D/b4-2?,21-5-,31-14+,35-20+,41-32-. The fourth-order valence-electron chi connectivity index (χ4n) is 5.31. The van der Waals surface area contributed by atoms with Gasteiger partial charge in [-0.25, -0.2) is 0 Å². The highest BCUT2D eigenvalue weighted by Crippen LogP contribution is 2.35. The predicted molar refractivity (Wildman–Crippen MR) is 207 cm³/mol. The van der Waals surface area contributed by atoms with Crippen LogP contribution in [0.2, 0.25) is 0 Å². The molecule has 0 bridgehead atoms. The first-order valence-corrected chi connectivity index (χ1v) is 15.0. The van der Waals surface area contributed by atoms with Crippen LogP contribution < -0.4 is 4.90 Å². The summed E-state index contributed by atoms with van der Waals surface area (Å²) >= 11 is 0. The summed E-state index contributed by atoms with van der Waals surface area (Å²) in [6.45, 7) is 4.54. The molecule has 48 heavy (non-hydrogen) atoms. The first-order valence-electron chi connectivity index (χ1n) is 21.6. The van der Waals surface area contributed by atoms with E-state index in [4.69, 9.17) is 18.1 Å². The third-order valence-electron chi connectivity index (χ3n) is 7.58. The molecule has 2 nitrogen and oxygen atoms in total. The molecule has 0 aliphatic carbocycles. The van der Waals surface area contributed by atoms with Gasteiger partial charge in [0.1, 0.15) is 11.2 Å². The number of rotatable bonds is 10. The van der Waals surface area contributed by atoms with Crippen molar-refractivity contribution in [1.82, 2.24) is 0 Å². The summed E-state index contributed by atoms with van der Waals surface area (Å²) in [4.78, 5) is 1.20. The Morgan fingerprint density at radius 3 is 2.40 bits per heavy atom. The molecule has 0 saturated heterocycles. The molecule has 0 aliphatic heterocycles. The molecule has 0 amide bonds. The lowest BCUT2D eigenvalue weighted by atomic mass is 10.0. The Labute approximate surface area is 300 Å². The van der Waals surface area contributed by atoms with Gasteiger partial charge in [0.05, 0.1) is 17.8 Å². The molecule has 1 heterocycles. The minimum absolute atomic E-state index is 0.0511. The fourth-order valence-corrected chi connectivity index (χ4v) is 5.31.